The maximum Gasteiger partial charge on any atom is 0.0368 e. The van der Waals surface area contributed by atoms with E-state index in [-0.39, 0.29) is 0 Å². The summed E-state index contributed by atoms with van der Waals surface area (Å²) in [5, 5.41) is 11.0. The largest absolute Gasteiger partial charge is 0.388 e. The monoisotopic (exact) mass is 539 g/mol. The second-order valence-electron chi connectivity index (χ2n) is 10.9. The lowest BCUT2D eigenvalue weighted by Crippen LogP contribution is -2.04. The highest BCUT2D eigenvalue weighted by molar-refractivity contribution is 6.24. The van der Waals surface area contributed by atoms with Gasteiger partial charge in [0.05, 0.1) is 0 Å². The van der Waals surface area contributed by atoms with E-state index in [0.717, 1.165) is 5.70 Å². The molecule has 0 bridgehead atoms. The highest BCUT2D eigenvalue weighted by Crippen LogP contribution is 2.46. The van der Waals surface area contributed by atoms with Crippen LogP contribution in [-0.4, -0.2) is 7.05 Å². The first kappa shape index (κ1) is 25.8. The average Bonchev–Trinajstić information content (AvgIpc) is 3.04. The van der Waals surface area contributed by atoms with Gasteiger partial charge in [-0.15, -0.1) is 0 Å². The molecule has 0 heterocycles. The fourth-order valence-corrected chi connectivity index (χ4v) is 6.65. The molecule has 0 radical (unpaired) electrons. The second kappa shape index (κ2) is 10.7. The van der Waals surface area contributed by atoms with E-state index in [4.69, 9.17) is 0 Å². The summed E-state index contributed by atoms with van der Waals surface area (Å²) in [6.45, 7) is 4.27. The molecule has 7 rings (SSSR count). The number of benzene rings is 7. The topological polar surface area (TPSA) is 12.0 Å². The Balaban J connectivity index is 1.57. The van der Waals surface area contributed by atoms with Crippen molar-refractivity contribution in [3.8, 4) is 33.4 Å². The van der Waals surface area contributed by atoms with Gasteiger partial charge < -0.3 is 5.32 Å². The number of nitrogens with one attached hydrogen (secondary N) is 1. The predicted octanol–water partition coefficient (Wildman–Crippen LogP) is 11.0. The molecule has 0 saturated heterocycles. The molecule has 1 nitrogen and oxygen atoms in total. The van der Waals surface area contributed by atoms with Crippen LogP contribution in [0.2, 0.25) is 0 Å². The van der Waals surface area contributed by atoms with E-state index in [9.17, 15) is 0 Å². The standard InChI is InChI=1S/C41H33N/c1-4-39(42-3)28-15-13-16-29(26-28)40-34-20-9-11-22-36(34)41(37-23-12-10-21-35(37)40)38-25-24-33(30-17-6-5-14-27(30)2)31-18-7-8-19-32(31)38/h4-26,42H,1-3H3/b39-4-. The molecule has 0 amide bonds. The van der Waals surface area contributed by atoms with Gasteiger partial charge in [-0.3, -0.25) is 0 Å². The lowest BCUT2D eigenvalue weighted by atomic mass is 9.83. The van der Waals surface area contributed by atoms with Crippen molar-refractivity contribution < 1.29 is 0 Å². The van der Waals surface area contributed by atoms with Crippen LogP contribution < -0.4 is 5.32 Å². The summed E-state index contributed by atoms with van der Waals surface area (Å²) in [6, 6.07) is 48.9. The van der Waals surface area contributed by atoms with Crippen LogP contribution in [0.3, 0.4) is 0 Å². The van der Waals surface area contributed by atoms with Crippen molar-refractivity contribution in [2.24, 2.45) is 0 Å². The minimum Gasteiger partial charge on any atom is -0.388 e. The lowest BCUT2D eigenvalue weighted by Gasteiger charge is -2.20. The van der Waals surface area contributed by atoms with Gasteiger partial charge in [-0.25, -0.2) is 0 Å². The Bertz CT molecular complexity index is 2090. The van der Waals surface area contributed by atoms with E-state index < -0.39 is 0 Å². The lowest BCUT2D eigenvalue weighted by molar-refractivity contribution is 1.12. The molecular weight excluding hydrogens is 506 g/mol. The summed E-state index contributed by atoms with van der Waals surface area (Å²) in [6.07, 6.45) is 2.13. The Kier molecular flexibility index (Phi) is 6.56. The fraction of sp³-hybridized carbons (Fsp3) is 0.0732. The first-order valence-electron chi connectivity index (χ1n) is 14.7. The first-order valence-corrected chi connectivity index (χ1v) is 14.7. The average molecular weight is 540 g/mol. The molecule has 1 heteroatoms. The van der Waals surface area contributed by atoms with Crippen LogP contribution >= 0.6 is 0 Å². The van der Waals surface area contributed by atoms with Gasteiger partial charge in [0.1, 0.15) is 0 Å². The molecule has 0 aliphatic rings. The zero-order valence-electron chi connectivity index (χ0n) is 24.3. The van der Waals surface area contributed by atoms with E-state index in [1.165, 1.54) is 76.8 Å². The van der Waals surface area contributed by atoms with E-state index in [2.05, 4.69) is 159 Å². The number of allylic oxidation sites excluding steroid dienone is 1. The van der Waals surface area contributed by atoms with Crippen molar-refractivity contribution in [2.75, 3.05) is 7.05 Å². The maximum absolute atomic E-state index is 3.35. The predicted molar refractivity (Wildman–Crippen MR) is 183 cm³/mol. The molecular formula is C41H33N. The normalized spacial score (nSPS) is 11.8. The van der Waals surface area contributed by atoms with E-state index >= 15 is 0 Å². The minimum absolute atomic E-state index is 1.13. The van der Waals surface area contributed by atoms with E-state index in [1.807, 2.05) is 7.05 Å². The van der Waals surface area contributed by atoms with Gasteiger partial charge >= 0.3 is 0 Å². The van der Waals surface area contributed by atoms with Crippen molar-refractivity contribution in [1.82, 2.24) is 5.32 Å². The van der Waals surface area contributed by atoms with E-state index in [0.29, 0.717) is 0 Å². The number of aryl methyl sites for hydroxylation is 1. The van der Waals surface area contributed by atoms with Crippen molar-refractivity contribution in [1.29, 1.82) is 0 Å². The molecule has 7 aromatic rings. The summed E-state index contributed by atoms with van der Waals surface area (Å²) in [5.74, 6) is 0. The quantitative estimate of drug-likeness (QED) is 0.215. The third kappa shape index (κ3) is 4.17. The molecule has 0 saturated carbocycles. The highest BCUT2D eigenvalue weighted by atomic mass is 14.8. The molecule has 7 aromatic carbocycles. The van der Waals surface area contributed by atoms with Crippen LogP contribution in [0.4, 0.5) is 0 Å². The number of rotatable bonds is 5. The Hall–Kier alpha value is -5.14. The Labute approximate surface area is 247 Å². The molecule has 0 aliphatic carbocycles. The first-order chi connectivity index (χ1) is 20.7. The molecule has 0 unspecified atom stereocenters. The van der Waals surface area contributed by atoms with Crippen LogP contribution in [0.25, 0.3) is 71.4 Å². The van der Waals surface area contributed by atoms with Gasteiger partial charge in [0, 0.05) is 12.7 Å². The Morgan fingerprint density at radius 2 is 1.02 bits per heavy atom. The van der Waals surface area contributed by atoms with Gasteiger partial charge in [0.25, 0.3) is 0 Å². The van der Waals surface area contributed by atoms with Crippen LogP contribution in [0.15, 0.2) is 140 Å². The van der Waals surface area contributed by atoms with Gasteiger partial charge in [-0.05, 0) is 96.7 Å². The summed E-state index contributed by atoms with van der Waals surface area (Å²) in [4.78, 5) is 0. The van der Waals surface area contributed by atoms with Crippen molar-refractivity contribution in [3.05, 3.63) is 151 Å². The Morgan fingerprint density at radius 1 is 0.500 bits per heavy atom. The highest BCUT2D eigenvalue weighted by Gasteiger charge is 2.19. The zero-order valence-corrected chi connectivity index (χ0v) is 24.3. The smallest absolute Gasteiger partial charge is 0.0368 e. The van der Waals surface area contributed by atoms with Gasteiger partial charge in [0.15, 0.2) is 0 Å². The summed E-state index contributed by atoms with van der Waals surface area (Å²) in [5.41, 5.74) is 11.2. The molecule has 202 valence electrons. The zero-order chi connectivity index (χ0) is 28.6. The molecule has 0 fully saturated rings. The number of fused-ring (bicyclic) bond motifs is 3. The fourth-order valence-electron chi connectivity index (χ4n) is 6.65. The molecule has 0 aliphatic heterocycles. The van der Waals surface area contributed by atoms with Crippen molar-refractivity contribution in [2.45, 2.75) is 13.8 Å². The van der Waals surface area contributed by atoms with Crippen LogP contribution in [0.5, 0.6) is 0 Å². The van der Waals surface area contributed by atoms with Gasteiger partial charge in [-0.1, -0.05) is 133 Å². The third-order valence-corrected chi connectivity index (χ3v) is 8.58. The van der Waals surface area contributed by atoms with Crippen molar-refractivity contribution in [3.63, 3.8) is 0 Å². The maximum atomic E-state index is 3.35. The van der Waals surface area contributed by atoms with Crippen LogP contribution in [-0.2, 0) is 0 Å². The molecule has 0 atom stereocenters. The molecule has 0 spiro atoms. The van der Waals surface area contributed by atoms with Gasteiger partial charge in [-0.2, -0.15) is 0 Å². The van der Waals surface area contributed by atoms with Crippen molar-refractivity contribution >= 4 is 38.0 Å². The van der Waals surface area contributed by atoms with E-state index in [1.54, 1.807) is 0 Å². The molecule has 0 aromatic heterocycles. The van der Waals surface area contributed by atoms with Crippen LogP contribution in [0.1, 0.15) is 18.1 Å². The third-order valence-electron chi connectivity index (χ3n) is 8.58. The summed E-state index contributed by atoms with van der Waals surface area (Å²) in [7, 11) is 1.98. The number of hydrogen-bond donors (Lipinski definition) is 1. The number of hydrogen-bond acceptors (Lipinski definition) is 1. The molecule has 1 N–H and O–H groups in total. The summed E-state index contributed by atoms with van der Waals surface area (Å²) >= 11 is 0. The summed E-state index contributed by atoms with van der Waals surface area (Å²) < 4.78 is 0. The van der Waals surface area contributed by atoms with Crippen LogP contribution in [0, 0.1) is 6.92 Å². The van der Waals surface area contributed by atoms with Gasteiger partial charge in [0.2, 0.25) is 0 Å². The second-order valence-corrected chi connectivity index (χ2v) is 10.9. The molecule has 42 heavy (non-hydrogen) atoms. The SMILES string of the molecule is C/C=C(\NC)c1cccc(-c2c3ccccc3c(-c3ccc(-c4ccccc4C)c4ccccc34)c3ccccc23)c1. The Morgan fingerprint density at radius 3 is 1.62 bits per heavy atom. The minimum atomic E-state index is 1.13.